The van der Waals surface area contributed by atoms with Gasteiger partial charge in [0.05, 0.1) is 5.75 Å². The summed E-state index contributed by atoms with van der Waals surface area (Å²) in [5.41, 5.74) is 2.43. The fourth-order valence-electron chi connectivity index (χ4n) is 4.09. The number of nitrogens with one attached hydrogen (secondary N) is 1. The zero-order valence-electron chi connectivity index (χ0n) is 18.4. The Morgan fingerprint density at radius 1 is 0.968 bits per heavy atom. The van der Waals surface area contributed by atoms with Gasteiger partial charge in [-0.05, 0) is 56.6 Å². The van der Waals surface area contributed by atoms with Crippen LogP contribution in [0.1, 0.15) is 43.7 Å². The third kappa shape index (κ3) is 7.47. The van der Waals surface area contributed by atoms with E-state index in [0.717, 1.165) is 24.8 Å². The van der Waals surface area contributed by atoms with Crippen molar-refractivity contribution in [3.05, 3.63) is 71.8 Å². The first-order chi connectivity index (χ1) is 14.9. The molecular formula is C25H34N2O3S. The lowest BCUT2D eigenvalue weighted by Crippen LogP contribution is -2.45. The van der Waals surface area contributed by atoms with E-state index in [1.54, 1.807) is 4.31 Å². The summed E-state index contributed by atoms with van der Waals surface area (Å²) in [6.45, 7) is 2.90. The van der Waals surface area contributed by atoms with Crippen LogP contribution in [0.3, 0.4) is 0 Å². The molecule has 3 rings (SSSR count). The maximum Gasteiger partial charge on any atom is 0.223 e. The zero-order valence-corrected chi connectivity index (χ0v) is 19.2. The van der Waals surface area contributed by atoms with Gasteiger partial charge in [0.15, 0.2) is 0 Å². The second-order valence-electron chi connectivity index (χ2n) is 8.51. The number of amides is 1. The number of nitrogens with zero attached hydrogens (tertiary/aromatic N) is 1. The highest BCUT2D eigenvalue weighted by Gasteiger charge is 2.31. The topological polar surface area (TPSA) is 66.5 Å². The molecule has 6 heteroatoms. The molecule has 1 aliphatic rings. The third-order valence-corrected chi connectivity index (χ3v) is 7.98. The molecule has 1 saturated heterocycles. The molecule has 0 saturated carbocycles. The summed E-state index contributed by atoms with van der Waals surface area (Å²) < 4.78 is 26.9. The normalized spacial score (nSPS) is 16.7. The van der Waals surface area contributed by atoms with Crippen LogP contribution in [0.4, 0.5) is 0 Å². The Bertz CT molecular complexity index is 908. The Hall–Kier alpha value is -2.18. The predicted octanol–water partition coefficient (Wildman–Crippen LogP) is 3.80. The second kappa shape index (κ2) is 11.4. The molecule has 31 heavy (non-hydrogen) atoms. The van der Waals surface area contributed by atoms with Crippen molar-refractivity contribution >= 4 is 15.9 Å². The lowest BCUT2D eigenvalue weighted by Gasteiger charge is -2.31. The Morgan fingerprint density at radius 3 is 2.10 bits per heavy atom. The number of rotatable bonds is 10. The molecule has 1 atom stereocenters. The minimum atomic E-state index is -3.26. The average molecular weight is 443 g/mol. The lowest BCUT2D eigenvalue weighted by atomic mass is 9.96. The van der Waals surface area contributed by atoms with E-state index in [0.29, 0.717) is 32.4 Å². The first-order valence-corrected chi connectivity index (χ1v) is 12.9. The minimum absolute atomic E-state index is 0.0571. The van der Waals surface area contributed by atoms with Crippen molar-refractivity contribution < 1.29 is 13.2 Å². The SMILES string of the molecule is C[C@@H](CCc1ccccc1)NC(=O)C1CCN(S(=O)(=O)CCCc2ccccc2)CC1. The summed E-state index contributed by atoms with van der Waals surface area (Å²) in [6.07, 6.45) is 4.39. The van der Waals surface area contributed by atoms with Crippen LogP contribution in [0, 0.1) is 5.92 Å². The van der Waals surface area contributed by atoms with Crippen molar-refractivity contribution in [2.45, 2.75) is 51.5 Å². The standard InChI is InChI=1S/C25H34N2O3S/c1-21(14-15-23-11-6-3-7-12-23)26-25(28)24-16-18-27(19-17-24)31(29,30)20-8-13-22-9-4-2-5-10-22/h2-7,9-12,21,24H,8,13-20H2,1H3,(H,26,28)/t21-/m0/s1. The summed E-state index contributed by atoms with van der Waals surface area (Å²) in [7, 11) is -3.26. The molecule has 0 unspecified atom stereocenters. The predicted molar refractivity (Wildman–Crippen MR) is 125 cm³/mol. The molecule has 5 nitrogen and oxygen atoms in total. The number of aryl methyl sites for hydroxylation is 2. The molecule has 0 bridgehead atoms. The molecule has 1 amide bonds. The summed E-state index contributed by atoms with van der Waals surface area (Å²) in [5.74, 6) is 0.117. The van der Waals surface area contributed by atoms with Gasteiger partial charge in [0.1, 0.15) is 0 Å². The summed E-state index contributed by atoms with van der Waals surface area (Å²) >= 11 is 0. The van der Waals surface area contributed by atoms with Crippen LogP contribution in [0.2, 0.25) is 0 Å². The van der Waals surface area contributed by atoms with E-state index >= 15 is 0 Å². The maximum absolute atomic E-state index is 12.7. The molecule has 0 spiro atoms. The van der Waals surface area contributed by atoms with Crippen molar-refractivity contribution in [2.75, 3.05) is 18.8 Å². The molecule has 2 aromatic carbocycles. The third-order valence-electron chi connectivity index (χ3n) is 6.03. The number of piperidine rings is 1. The van der Waals surface area contributed by atoms with E-state index in [1.807, 2.05) is 55.5 Å². The second-order valence-corrected chi connectivity index (χ2v) is 10.6. The molecule has 168 valence electrons. The van der Waals surface area contributed by atoms with Gasteiger partial charge in [-0.3, -0.25) is 4.79 Å². The van der Waals surface area contributed by atoms with E-state index in [2.05, 4.69) is 17.4 Å². The number of carbonyl (C=O) groups is 1. The molecule has 1 fully saturated rings. The Morgan fingerprint density at radius 2 is 1.52 bits per heavy atom. The maximum atomic E-state index is 12.7. The zero-order chi connectivity index (χ0) is 22.1. The van der Waals surface area contributed by atoms with E-state index in [-0.39, 0.29) is 23.6 Å². The van der Waals surface area contributed by atoms with Crippen LogP contribution in [0.5, 0.6) is 0 Å². The van der Waals surface area contributed by atoms with E-state index in [9.17, 15) is 13.2 Å². The molecule has 1 heterocycles. The molecule has 1 N–H and O–H groups in total. The van der Waals surface area contributed by atoms with Gasteiger partial charge in [-0.25, -0.2) is 12.7 Å². The van der Waals surface area contributed by atoms with Crippen molar-refractivity contribution in [1.29, 1.82) is 0 Å². The van der Waals surface area contributed by atoms with Gasteiger partial charge in [-0.1, -0.05) is 60.7 Å². The molecule has 0 radical (unpaired) electrons. The first-order valence-electron chi connectivity index (χ1n) is 11.3. The van der Waals surface area contributed by atoms with E-state index in [4.69, 9.17) is 0 Å². The summed E-state index contributed by atoms with van der Waals surface area (Å²) in [4.78, 5) is 12.6. The summed E-state index contributed by atoms with van der Waals surface area (Å²) in [5, 5.41) is 3.12. The number of sulfonamides is 1. The fraction of sp³-hybridized carbons (Fsp3) is 0.480. The van der Waals surface area contributed by atoms with Crippen molar-refractivity contribution in [2.24, 2.45) is 5.92 Å². The van der Waals surface area contributed by atoms with Gasteiger partial charge < -0.3 is 5.32 Å². The van der Waals surface area contributed by atoms with Crippen molar-refractivity contribution in [3.63, 3.8) is 0 Å². The van der Waals surface area contributed by atoms with Crippen molar-refractivity contribution in [3.8, 4) is 0 Å². The number of hydrogen-bond acceptors (Lipinski definition) is 3. The summed E-state index contributed by atoms with van der Waals surface area (Å²) in [6, 6.07) is 20.3. The largest absolute Gasteiger partial charge is 0.353 e. The minimum Gasteiger partial charge on any atom is -0.353 e. The van der Waals surface area contributed by atoms with Crippen LogP contribution in [-0.2, 0) is 27.7 Å². The number of hydrogen-bond donors (Lipinski definition) is 1. The van der Waals surface area contributed by atoms with E-state index < -0.39 is 10.0 Å². The van der Waals surface area contributed by atoms with Crippen LogP contribution in [0.25, 0.3) is 0 Å². The van der Waals surface area contributed by atoms with Gasteiger partial charge in [-0.15, -0.1) is 0 Å². The number of carbonyl (C=O) groups excluding carboxylic acids is 1. The van der Waals surface area contributed by atoms with Crippen LogP contribution >= 0.6 is 0 Å². The molecule has 1 aliphatic heterocycles. The van der Waals surface area contributed by atoms with Crippen LogP contribution in [-0.4, -0.2) is 43.5 Å². The Labute approximate surface area is 186 Å². The number of benzene rings is 2. The van der Waals surface area contributed by atoms with Gasteiger partial charge in [0.2, 0.25) is 15.9 Å². The molecular weight excluding hydrogens is 408 g/mol. The quantitative estimate of drug-likeness (QED) is 0.609. The van der Waals surface area contributed by atoms with Gasteiger partial charge in [-0.2, -0.15) is 0 Å². The van der Waals surface area contributed by atoms with Gasteiger partial charge >= 0.3 is 0 Å². The van der Waals surface area contributed by atoms with Crippen LogP contribution < -0.4 is 5.32 Å². The molecule has 0 aromatic heterocycles. The van der Waals surface area contributed by atoms with Crippen LogP contribution in [0.15, 0.2) is 60.7 Å². The molecule has 2 aromatic rings. The molecule has 0 aliphatic carbocycles. The Balaban J connectivity index is 1.38. The van der Waals surface area contributed by atoms with Gasteiger partial charge in [0.25, 0.3) is 0 Å². The average Bonchev–Trinajstić information content (AvgIpc) is 2.79. The van der Waals surface area contributed by atoms with E-state index in [1.165, 1.54) is 5.56 Å². The van der Waals surface area contributed by atoms with Crippen molar-refractivity contribution in [1.82, 2.24) is 9.62 Å². The first kappa shape index (κ1) is 23.5. The Kier molecular flexibility index (Phi) is 8.67. The van der Waals surface area contributed by atoms with Gasteiger partial charge in [0, 0.05) is 25.0 Å². The fourth-order valence-corrected chi connectivity index (χ4v) is 5.62. The monoisotopic (exact) mass is 442 g/mol. The highest BCUT2D eigenvalue weighted by Crippen LogP contribution is 2.21. The smallest absolute Gasteiger partial charge is 0.223 e. The highest BCUT2D eigenvalue weighted by molar-refractivity contribution is 7.89. The lowest BCUT2D eigenvalue weighted by molar-refractivity contribution is -0.126. The highest BCUT2D eigenvalue weighted by atomic mass is 32.2.